The minimum atomic E-state index is -0.125. The SMILES string of the molecule is Cc1ccc(Cn2nc(C(=O)NCCc3cc4ccccc4s3)c3ccccc32)cc1. The standard InChI is InChI=1S/C26H23N3OS/c1-18-10-12-19(13-11-18)17-29-23-8-4-3-7-22(23)25(28-29)26(30)27-15-14-21-16-20-6-2-5-9-24(20)31-21/h2-13,16H,14-15,17H2,1H3,(H,27,30). The lowest BCUT2D eigenvalue weighted by molar-refractivity contribution is 0.0950. The number of nitrogens with zero attached hydrogens (tertiary/aromatic N) is 2. The Hall–Kier alpha value is -3.44. The molecule has 3 aromatic carbocycles. The molecule has 0 aliphatic rings. The number of amides is 1. The van der Waals surface area contributed by atoms with Gasteiger partial charge in [-0.25, -0.2) is 0 Å². The Morgan fingerprint density at radius 3 is 2.61 bits per heavy atom. The largest absolute Gasteiger partial charge is 0.350 e. The van der Waals surface area contributed by atoms with Crippen LogP contribution < -0.4 is 5.32 Å². The Bertz CT molecular complexity index is 1330. The molecule has 31 heavy (non-hydrogen) atoms. The van der Waals surface area contributed by atoms with E-state index >= 15 is 0 Å². The molecule has 0 bridgehead atoms. The summed E-state index contributed by atoms with van der Waals surface area (Å²) in [6.07, 6.45) is 0.813. The Labute approximate surface area is 185 Å². The van der Waals surface area contributed by atoms with Crippen molar-refractivity contribution in [2.75, 3.05) is 6.54 Å². The molecule has 4 nitrogen and oxygen atoms in total. The minimum absolute atomic E-state index is 0.125. The summed E-state index contributed by atoms with van der Waals surface area (Å²) in [5, 5.41) is 9.88. The number of hydrogen-bond donors (Lipinski definition) is 1. The van der Waals surface area contributed by atoms with Gasteiger partial charge in [-0.05, 0) is 42.5 Å². The van der Waals surface area contributed by atoms with Gasteiger partial charge in [0.2, 0.25) is 0 Å². The van der Waals surface area contributed by atoms with Crippen molar-refractivity contribution in [3.8, 4) is 0 Å². The van der Waals surface area contributed by atoms with Gasteiger partial charge in [-0.2, -0.15) is 5.10 Å². The molecule has 0 saturated heterocycles. The van der Waals surface area contributed by atoms with Gasteiger partial charge in [0.25, 0.3) is 5.91 Å². The summed E-state index contributed by atoms with van der Waals surface area (Å²) in [5.74, 6) is -0.125. The second-order valence-corrected chi connectivity index (χ2v) is 8.93. The lowest BCUT2D eigenvalue weighted by Crippen LogP contribution is -2.26. The number of thiophene rings is 1. The van der Waals surface area contributed by atoms with Gasteiger partial charge in [0.15, 0.2) is 5.69 Å². The van der Waals surface area contributed by atoms with Crippen LogP contribution in [0.25, 0.3) is 21.0 Å². The van der Waals surface area contributed by atoms with Gasteiger partial charge in [-0.3, -0.25) is 9.48 Å². The third-order valence-corrected chi connectivity index (χ3v) is 6.64. The van der Waals surface area contributed by atoms with E-state index in [9.17, 15) is 4.79 Å². The van der Waals surface area contributed by atoms with Crippen LogP contribution in [0, 0.1) is 6.92 Å². The quantitative estimate of drug-likeness (QED) is 0.386. The Kier molecular flexibility index (Phi) is 5.26. The van der Waals surface area contributed by atoms with Crippen LogP contribution in [0.4, 0.5) is 0 Å². The highest BCUT2D eigenvalue weighted by molar-refractivity contribution is 7.19. The summed E-state index contributed by atoms with van der Waals surface area (Å²) in [7, 11) is 0. The van der Waals surface area contributed by atoms with Crippen LogP contribution in [0.5, 0.6) is 0 Å². The van der Waals surface area contributed by atoms with E-state index in [-0.39, 0.29) is 5.91 Å². The van der Waals surface area contributed by atoms with E-state index in [0.29, 0.717) is 18.8 Å². The van der Waals surface area contributed by atoms with Crippen LogP contribution >= 0.6 is 11.3 Å². The molecule has 0 aliphatic heterocycles. The fraction of sp³-hybridized carbons (Fsp3) is 0.154. The minimum Gasteiger partial charge on any atom is -0.350 e. The van der Waals surface area contributed by atoms with Crippen molar-refractivity contribution >= 4 is 38.2 Å². The molecule has 2 aromatic heterocycles. The average molecular weight is 426 g/mol. The lowest BCUT2D eigenvalue weighted by atomic mass is 10.1. The van der Waals surface area contributed by atoms with Gasteiger partial charge < -0.3 is 5.32 Å². The molecular weight excluding hydrogens is 402 g/mol. The van der Waals surface area contributed by atoms with E-state index in [1.54, 1.807) is 11.3 Å². The van der Waals surface area contributed by atoms with Crippen molar-refractivity contribution in [1.82, 2.24) is 15.1 Å². The monoisotopic (exact) mass is 425 g/mol. The van der Waals surface area contributed by atoms with E-state index in [0.717, 1.165) is 22.9 Å². The van der Waals surface area contributed by atoms with Gasteiger partial charge >= 0.3 is 0 Å². The maximum Gasteiger partial charge on any atom is 0.272 e. The van der Waals surface area contributed by atoms with Gasteiger partial charge in [0, 0.05) is 21.5 Å². The van der Waals surface area contributed by atoms with Crippen LogP contribution in [0.1, 0.15) is 26.5 Å². The third-order valence-electron chi connectivity index (χ3n) is 5.46. The van der Waals surface area contributed by atoms with Gasteiger partial charge in [0.05, 0.1) is 12.1 Å². The molecule has 0 saturated carbocycles. The van der Waals surface area contributed by atoms with E-state index in [4.69, 9.17) is 0 Å². The normalized spacial score (nSPS) is 11.3. The fourth-order valence-corrected chi connectivity index (χ4v) is 4.89. The Morgan fingerprint density at radius 1 is 1.00 bits per heavy atom. The molecule has 1 N–H and O–H groups in total. The maximum absolute atomic E-state index is 12.9. The zero-order valence-electron chi connectivity index (χ0n) is 17.3. The van der Waals surface area contributed by atoms with Gasteiger partial charge in [-0.15, -0.1) is 11.3 Å². The number of aromatic nitrogens is 2. The highest BCUT2D eigenvalue weighted by Gasteiger charge is 2.17. The number of hydrogen-bond acceptors (Lipinski definition) is 3. The number of carbonyl (C=O) groups is 1. The maximum atomic E-state index is 12.9. The van der Waals surface area contributed by atoms with Crippen molar-refractivity contribution in [3.63, 3.8) is 0 Å². The molecule has 0 fully saturated rings. The first-order valence-electron chi connectivity index (χ1n) is 10.4. The van der Waals surface area contributed by atoms with Crippen molar-refractivity contribution in [2.24, 2.45) is 0 Å². The van der Waals surface area contributed by atoms with Crippen molar-refractivity contribution in [2.45, 2.75) is 19.9 Å². The van der Waals surface area contributed by atoms with Crippen LogP contribution in [-0.2, 0) is 13.0 Å². The molecule has 0 radical (unpaired) electrons. The van der Waals surface area contributed by atoms with Crippen LogP contribution in [0.3, 0.4) is 0 Å². The smallest absolute Gasteiger partial charge is 0.272 e. The summed E-state index contributed by atoms with van der Waals surface area (Å²) in [6.45, 7) is 3.30. The summed E-state index contributed by atoms with van der Waals surface area (Å²) in [5.41, 5.74) is 3.85. The Morgan fingerprint density at radius 2 is 1.77 bits per heavy atom. The number of aryl methyl sites for hydroxylation is 1. The van der Waals surface area contributed by atoms with E-state index < -0.39 is 0 Å². The first kappa shape index (κ1) is 19.5. The second kappa shape index (κ2) is 8.36. The molecule has 5 rings (SSSR count). The zero-order chi connectivity index (χ0) is 21.2. The number of para-hydroxylation sites is 1. The molecule has 1 amide bonds. The molecule has 0 spiro atoms. The van der Waals surface area contributed by atoms with Crippen molar-refractivity contribution in [3.05, 3.63) is 101 Å². The van der Waals surface area contributed by atoms with Crippen LogP contribution in [0.15, 0.2) is 78.9 Å². The molecule has 154 valence electrons. The molecule has 0 atom stereocenters. The zero-order valence-corrected chi connectivity index (χ0v) is 18.2. The van der Waals surface area contributed by atoms with Crippen molar-refractivity contribution in [1.29, 1.82) is 0 Å². The van der Waals surface area contributed by atoms with Gasteiger partial charge in [0.1, 0.15) is 0 Å². The third kappa shape index (κ3) is 4.09. The number of carbonyl (C=O) groups excluding carboxylic acids is 1. The summed E-state index contributed by atoms with van der Waals surface area (Å²) in [4.78, 5) is 14.2. The summed E-state index contributed by atoms with van der Waals surface area (Å²) in [6, 6.07) is 26.9. The molecular formula is C26H23N3OS. The predicted octanol–water partition coefficient (Wildman–Crippen LogP) is 5.58. The number of rotatable bonds is 6. The lowest BCUT2D eigenvalue weighted by Gasteiger charge is -2.04. The topological polar surface area (TPSA) is 46.9 Å². The molecule has 5 aromatic rings. The fourth-order valence-electron chi connectivity index (χ4n) is 3.83. The molecule has 5 heteroatoms. The molecule has 0 unspecified atom stereocenters. The van der Waals surface area contributed by atoms with Crippen LogP contribution in [0.2, 0.25) is 0 Å². The van der Waals surface area contributed by atoms with E-state index in [2.05, 4.69) is 71.9 Å². The molecule has 0 aliphatic carbocycles. The average Bonchev–Trinajstić information content (AvgIpc) is 3.37. The highest BCUT2D eigenvalue weighted by Crippen LogP contribution is 2.25. The number of fused-ring (bicyclic) bond motifs is 2. The highest BCUT2D eigenvalue weighted by atomic mass is 32.1. The second-order valence-electron chi connectivity index (χ2n) is 7.77. The Balaban J connectivity index is 1.32. The number of nitrogens with one attached hydrogen (secondary N) is 1. The van der Waals surface area contributed by atoms with Gasteiger partial charge in [-0.1, -0.05) is 66.2 Å². The first-order valence-corrected chi connectivity index (χ1v) is 11.3. The summed E-state index contributed by atoms with van der Waals surface area (Å²) >= 11 is 1.78. The van der Waals surface area contributed by atoms with E-state index in [1.807, 2.05) is 28.9 Å². The van der Waals surface area contributed by atoms with Crippen LogP contribution in [-0.4, -0.2) is 22.2 Å². The predicted molar refractivity (Wildman–Crippen MR) is 128 cm³/mol. The number of benzene rings is 3. The first-order chi connectivity index (χ1) is 15.2. The molecule has 2 heterocycles. The van der Waals surface area contributed by atoms with E-state index in [1.165, 1.54) is 20.5 Å². The van der Waals surface area contributed by atoms with Crippen molar-refractivity contribution < 1.29 is 4.79 Å². The summed E-state index contributed by atoms with van der Waals surface area (Å²) < 4.78 is 3.20.